The standard InChI is InChI=1S/C14H32NO/c1-12(2)9-15(7-8-16,10-13(3)4)11-14(5)6/h12-14,16H,7-11H2,1-6H3/q+1. The minimum absolute atomic E-state index is 0.312. The Balaban J connectivity index is 4.72. The molecule has 2 heteroatoms. The Kier molecular flexibility index (Phi) is 7.25. The Hall–Kier alpha value is -0.0800. The minimum atomic E-state index is 0.312. The normalized spacial score (nSPS) is 13.1. The van der Waals surface area contributed by atoms with Gasteiger partial charge in [-0.25, -0.2) is 0 Å². The molecule has 0 fully saturated rings. The van der Waals surface area contributed by atoms with E-state index in [1.165, 1.54) is 19.6 Å². The van der Waals surface area contributed by atoms with E-state index in [0.717, 1.165) is 11.0 Å². The number of hydrogen-bond donors (Lipinski definition) is 1. The van der Waals surface area contributed by atoms with Crippen LogP contribution < -0.4 is 0 Å². The molecule has 98 valence electrons. The van der Waals surface area contributed by atoms with Crippen molar-refractivity contribution in [2.24, 2.45) is 17.8 Å². The van der Waals surface area contributed by atoms with E-state index in [1.807, 2.05) is 0 Å². The third kappa shape index (κ3) is 6.49. The molecule has 0 saturated carbocycles. The molecule has 0 atom stereocenters. The second-order valence-electron chi connectivity index (χ2n) is 6.52. The monoisotopic (exact) mass is 230 g/mol. The van der Waals surface area contributed by atoms with E-state index in [4.69, 9.17) is 0 Å². The first-order valence-electron chi connectivity index (χ1n) is 6.77. The van der Waals surface area contributed by atoms with Crippen molar-refractivity contribution in [2.75, 3.05) is 32.8 Å². The van der Waals surface area contributed by atoms with E-state index in [9.17, 15) is 5.11 Å². The summed E-state index contributed by atoms with van der Waals surface area (Å²) in [6.45, 7) is 18.5. The molecule has 0 aliphatic heterocycles. The van der Waals surface area contributed by atoms with Crippen molar-refractivity contribution in [3.05, 3.63) is 0 Å². The Morgan fingerprint density at radius 3 is 1.25 bits per heavy atom. The van der Waals surface area contributed by atoms with Crippen LogP contribution in [-0.4, -0.2) is 42.4 Å². The van der Waals surface area contributed by atoms with E-state index < -0.39 is 0 Å². The van der Waals surface area contributed by atoms with Crippen LogP contribution in [-0.2, 0) is 0 Å². The van der Waals surface area contributed by atoms with Gasteiger partial charge in [0.05, 0.1) is 26.2 Å². The fraction of sp³-hybridized carbons (Fsp3) is 1.00. The van der Waals surface area contributed by atoms with Gasteiger partial charge in [-0.15, -0.1) is 0 Å². The first-order valence-corrected chi connectivity index (χ1v) is 6.77. The van der Waals surface area contributed by atoms with E-state index in [-0.39, 0.29) is 0 Å². The molecule has 0 aliphatic rings. The van der Waals surface area contributed by atoms with Crippen LogP contribution in [0.4, 0.5) is 0 Å². The topological polar surface area (TPSA) is 20.2 Å². The molecule has 0 saturated heterocycles. The van der Waals surface area contributed by atoms with Crippen LogP contribution in [0.3, 0.4) is 0 Å². The summed E-state index contributed by atoms with van der Waals surface area (Å²) in [6, 6.07) is 0. The molecular formula is C14H32NO+. The Bertz CT molecular complexity index is 149. The van der Waals surface area contributed by atoms with E-state index in [1.54, 1.807) is 0 Å². The van der Waals surface area contributed by atoms with E-state index in [2.05, 4.69) is 41.5 Å². The summed E-state index contributed by atoms with van der Waals surface area (Å²) in [5, 5.41) is 9.32. The van der Waals surface area contributed by atoms with Crippen LogP contribution in [0.15, 0.2) is 0 Å². The Morgan fingerprint density at radius 2 is 1.06 bits per heavy atom. The molecule has 0 amide bonds. The summed E-state index contributed by atoms with van der Waals surface area (Å²) in [5.74, 6) is 2.09. The second-order valence-corrected chi connectivity index (χ2v) is 6.52. The molecule has 0 radical (unpaired) electrons. The molecule has 0 aliphatic carbocycles. The molecule has 1 N–H and O–H groups in total. The highest BCUT2D eigenvalue weighted by Gasteiger charge is 2.29. The zero-order valence-electron chi connectivity index (χ0n) is 12.2. The average Bonchev–Trinajstić information content (AvgIpc) is 1.98. The van der Waals surface area contributed by atoms with Crippen LogP contribution in [0.1, 0.15) is 41.5 Å². The Labute approximate surface area is 102 Å². The molecular weight excluding hydrogens is 198 g/mol. The van der Waals surface area contributed by atoms with Crippen LogP contribution in [0.5, 0.6) is 0 Å². The van der Waals surface area contributed by atoms with Crippen molar-refractivity contribution in [2.45, 2.75) is 41.5 Å². The molecule has 0 spiro atoms. The van der Waals surface area contributed by atoms with Gasteiger partial charge in [0, 0.05) is 17.8 Å². The summed E-state index contributed by atoms with van der Waals surface area (Å²) < 4.78 is 1.09. The summed E-state index contributed by atoms with van der Waals surface area (Å²) in [5.41, 5.74) is 0. The van der Waals surface area contributed by atoms with Gasteiger partial charge in [0.1, 0.15) is 6.54 Å². The molecule has 0 aromatic carbocycles. The zero-order chi connectivity index (χ0) is 12.8. The van der Waals surface area contributed by atoms with Crippen molar-refractivity contribution in [1.29, 1.82) is 0 Å². The number of rotatable bonds is 8. The lowest BCUT2D eigenvalue weighted by Gasteiger charge is -2.42. The van der Waals surface area contributed by atoms with Crippen molar-refractivity contribution >= 4 is 0 Å². The van der Waals surface area contributed by atoms with Crippen LogP contribution in [0, 0.1) is 17.8 Å². The van der Waals surface area contributed by atoms with Gasteiger partial charge in [0.2, 0.25) is 0 Å². The summed E-state index contributed by atoms with van der Waals surface area (Å²) >= 11 is 0. The number of aliphatic hydroxyl groups excluding tert-OH is 1. The summed E-state index contributed by atoms with van der Waals surface area (Å²) in [7, 11) is 0. The first kappa shape index (κ1) is 15.9. The van der Waals surface area contributed by atoms with Gasteiger partial charge in [-0.05, 0) is 0 Å². The quantitative estimate of drug-likeness (QED) is 0.636. The van der Waals surface area contributed by atoms with Gasteiger partial charge < -0.3 is 9.59 Å². The number of nitrogens with zero attached hydrogens (tertiary/aromatic N) is 1. The van der Waals surface area contributed by atoms with Gasteiger partial charge in [-0.3, -0.25) is 0 Å². The molecule has 2 nitrogen and oxygen atoms in total. The summed E-state index contributed by atoms with van der Waals surface area (Å²) in [6.07, 6.45) is 0. The fourth-order valence-electron chi connectivity index (χ4n) is 3.03. The molecule has 16 heavy (non-hydrogen) atoms. The zero-order valence-corrected chi connectivity index (χ0v) is 12.2. The van der Waals surface area contributed by atoms with Crippen molar-refractivity contribution in [1.82, 2.24) is 0 Å². The number of hydrogen-bond acceptors (Lipinski definition) is 1. The van der Waals surface area contributed by atoms with Gasteiger partial charge in [0.15, 0.2) is 0 Å². The highest BCUT2D eigenvalue weighted by Crippen LogP contribution is 2.18. The third-order valence-electron chi connectivity index (χ3n) is 2.83. The molecule has 0 aromatic rings. The van der Waals surface area contributed by atoms with Gasteiger partial charge in [-0.2, -0.15) is 0 Å². The van der Waals surface area contributed by atoms with Gasteiger partial charge >= 0.3 is 0 Å². The maximum absolute atomic E-state index is 9.32. The highest BCUT2D eigenvalue weighted by atomic mass is 16.3. The average molecular weight is 230 g/mol. The molecule has 0 bridgehead atoms. The smallest absolute Gasteiger partial charge is 0.102 e. The SMILES string of the molecule is CC(C)C[N+](CCO)(CC(C)C)CC(C)C. The largest absolute Gasteiger partial charge is 0.391 e. The van der Waals surface area contributed by atoms with Crippen molar-refractivity contribution in [3.8, 4) is 0 Å². The molecule has 0 rings (SSSR count). The van der Waals surface area contributed by atoms with Crippen LogP contribution >= 0.6 is 0 Å². The van der Waals surface area contributed by atoms with Crippen molar-refractivity contribution in [3.63, 3.8) is 0 Å². The maximum atomic E-state index is 9.32. The predicted octanol–water partition coefficient (Wildman–Crippen LogP) is 2.76. The second kappa shape index (κ2) is 7.29. The lowest BCUT2D eigenvalue weighted by Crippen LogP contribution is -2.55. The van der Waals surface area contributed by atoms with Gasteiger partial charge in [-0.1, -0.05) is 41.5 Å². The van der Waals surface area contributed by atoms with Crippen LogP contribution in [0.25, 0.3) is 0 Å². The third-order valence-corrected chi connectivity index (χ3v) is 2.83. The van der Waals surface area contributed by atoms with E-state index in [0.29, 0.717) is 24.4 Å². The van der Waals surface area contributed by atoms with Crippen LogP contribution in [0.2, 0.25) is 0 Å². The molecule has 0 aromatic heterocycles. The number of quaternary nitrogens is 1. The van der Waals surface area contributed by atoms with E-state index >= 15 is 0 Å². The highest BCUT2D eigenvalue weighted by molar-refractivity contribution is 4.55. The maximum Gasteiger partial charge on any atom is 0.102 e. The predicted molar refractivity (Wildman–Crippen MR) is 71.3 cm³/mol. The first-order chi connectivity index (χ1) is 7.31. The molecule has 0 heterocycles. The van der Waals surface area contributed by atoms with Crippen molar-refractivity contribution < 1.29 is 9.59 Å². The lowest BCUT2D eigenvalue weighted by molar-refractivity contribution is -0.936. The minimum Gasteiger partial charge on any atom is -0.391 e. The van der Waals surface area contributed by atoms with Gasteiger partial charge in [0.25, 0.3) is 0 Å². The fourth-order valence-corrected chi connectivity index (χ4v) is 3.03. The summed E-state index contributed by atoms with van der Waals surface area (Å²) in [4.78, 5) is 0. The number of aliphatic hydroxyl groups is 1. The molecule has 0 unspecified atom stereocenters. The Morgan fingerprint density at radius 1 is 0.750 bits per heavy atom. The lowest BCUT2D eigenvalue weighted by atomic mass is 10.0.